The van der Waals surface area contributed by atoms with Crippen LogP contribution in [0.2, 0.25) is 0 Å². The van der Waals surface area contributed by atoms with Gasteiger partial charge in [0.05, 0.1) is 5.56 Å². The second-order valence-corrected chi connectivity index (χ2v) is 6.70. The molecule has 0 amide bonds. The van der Waals surface area contributed by atoms with Crippen LogP contribution < -0.4 is 4.74 Å². The van der Waals surface area contributed by atoms with Gasteiger partial charge in [0.25, 0.3) is 0 Å². The average Bonchev–Trinajstić information content (AvgIpc) is 2.44. The van der Waals surface area contributed by atoms with Crippen LogP contribution in [0.4, 0.5) is 0 Å². The Labute approximate surface area is 134 Å². The summed E-state index contributed by atoms with van der Waals surface area (Å²) in [6, 6.07) is 3.96. The number of rotatable bonds is 6. The lowest BCUT2D eigenvalue weighted by Gasteiger charge is -2.32. The van der Waals surface area contributed by atoms with Gasteiger partial charge in [0.2, 0.25) is 0 Å². The number of allylic oxidation sites excluding steroid dienone is 2. The van der Waals surface area contributed by atoms with Crippen LogP contribution in [-0.4, -0.2) is 10.7 Å². The van der Waals surface area contributed by atoms with E-state index in [9.17, 15) is 5.11 Å². The first kappa shape index (κ1) is 16.7. The Balaban J connectivity index is 2.17. The molecule has 0 aromatic heterocycles. The minimum Gasteiger partial charge on any atom is -0.507 e. The predicted octanol–water partition coefficient (Wildman–Crippen LogP) is 5.65. The van der Waals surface area contributed by atoms with Crippen molar-refractivity contribution in [1.82, 2.24) is 0 Å². The quantitative estimate of drug-likeness (QED) is 0.688. The second-order valence-electron chi connectivity index (χ2n) is 6.70. The van der Waals surface area contributed by atoms with E-state index in [-0.39, 0.29) is 5.60 Å². The van der Waals surface area contributed by atoms with Crippen molar-refractivity contribution in [3.63, 3.8) is 0 Å². The van der Waals surface area contributed by atoms with Crippen molar-refractivity contribution in [2.24, 2.45) is 0 Å². The number of fused-ring (bicyclic) bond motifs is 1. The van der Waals surface area contributed by atoms with Gasteiger partial charge in [0.15, 0.2) is 0 Å². The Morgan fingerprint density at radius 1 is 1.32 bits per heavy atom. The highest BCUT2D eigenvalue weighted by molar-refractivity contribution is 5.67. The van der Waals surface area contributed by atoms with E-state index in [0.717, 1.165) is 49.0 Å². The van der Waals surface area contributed by atoms with Crippen molar-refractivity contribution in [1.29, 1.82) is 0 Å². The SMILES string of the molecule is CCCCc1cc(O)c2c(c1)O[C@](C)(CCC=C(C)C)C=C2. The predicted molar refractivity (Wildman–Crippen MR) is 93.5 cm³/mol. The molecule has 1 N–H and O–H groups in total. The maximum absolute atomic E-state index is 10.2. The van der Waals surface area contributed by atoms with Crippen molar-refractivity contribution in [3.8, 4) is 11.5 Å². The summed E-state index contributed by atoms with van der Waals surface area (Å²) in [5, 5.41) is 10.2. The molecule has 0 saturated heterocycles. The molecule has 1 aromatic carbocycles. The zero-order valence-corrected chi connectivity index (χ0v) is 14.3. The molecule has 1 atom stereocenters. The van der Waals surface area contributed by atoms with Gasteiger partial charge in [-0.2, -0.15) is 0 Å². The van der Waals surface area contributed by atoms with E-state index in [1.807, 2.05) is 12.1 Å². The molecular formula is C20H28O2. The van der Waals surface area contributed by atoms with Crippen LogP contribution in [0, 0.1) is 0 Å². The molecule has 22 heavy (non-hydrogen) atoms. The molecule has 0 fully saturated rings. The third-order valence-electron chi connectivity index (χ3n) is 4.14. The summed E-state index contributed by atoms with van der Waals surface area (Å²) in [5.74, 6) is 1.14. The van der Waals surface area contributed by atoms with Crippen molar-refractivity contribution in [3.05, 3.63) is 41.0 Å². The molecule has 0 saturated carbocycles. The third-order valence-corrected chi connectivity index (χ3v) is 4.14. The molecule has 2 nitrogen and oxygen atoms in total. The summed E-state index contributed by atoms with van der Waals surface area (Å²) in [6.07, 6.45) is 11.5. The molecule has 1 aliphatic rings. The molecule has 1 aromatic rings. The highest BCUT2D eigenvalue weighted by atomic mass is 16.5. The van der Waals surface area contributed by atoms with Gasteiger partial charge >= 0.3 is 0 Å². The standard InChI is InChI=1S/C20H28O2/c1-5-6-9-16-13-18(21)17-10-12-20(4,22-19(17)14-16)11-7-8-15(2)3/h8,10,12-14,21H,5-7,9,11H2,1-4H3/t20-/m1/s1. The summed E-state index contributed by atoms with van der Waals surface area (Å²) >= 11 is 0. The normalized spacial score (nSPS) is 19.5. The molecule has 0 radical (unpaired) electrons. The van der Waals surface area contributed by atoms with Crippen molar-refractivity contribution in [2.75, 3.05) is 0 Å². The van der Waals surface area contributed by atoms with E-state index in [1.54, 1.807) is 0 Å². The lowest BCUT2D eigenvalue weighted by Crippen LogP contribution is -2.31. The van der Waals surface area contributed by atoms with Gasteiger partial charge in [-0.15, -0.1) is 0 Å². The Kier molecular flexibility index (Phi) is 5.33. The van der Waals surface area contributed by atoms with Gasteiger partial charge in [0, 0.05) is 0 Å². The van der Waals surface area contributed by atoms with Gasteiger partial charge < -0.3 is 9.84 Å². The first-order chi connectivity index (χ1) is 10.4. The summed E-state index contributed by atoms with van der Waals surface area (Å²) in [5.41, 5.74) is 3.00. The number of phenolic OH excluding ortho intramolecular Hbond substituents is 1. The molecule has 0 aliphatic carbocycles. The molecule has 2 rings (SSSR count). The number of unbranched alkanes of at least 4 members (excludes halogenated alkanes) is 1. The van der Waals surface area contributed by atoms with Gasteiger partial charge in [-0.25, -0.2) is 0 Å². The summed E-state index contributed by atoms with van der Waals surface area (Å²) in [6.45, 7) is 8.53. The fraction of sp³-hybridized carbons (Fsp3) is 0.500. The number of aryl methyl sites for hydroxylation is 1. The van der Waals surface area contributed by atoms with E-state index >= 15 is 0 Å². The smallest absolute Gasteiger partial charge is 0.131 e. The number of aromatic hydroxyl groups is 1. The van der Waals surface area contributed by atoms with Crippen LogP contribution in [0.25, 0.3) is 6.08 Å². The Bertz CT molecular complexity index is 580. The van der Waals surface area contributed by atoms with Gasteiger partial charge in [-0.3, -0.25) is 0 Å². The number of benzene rings is 1. The molecule has 120 valence electrons. The van der Waals surface area contributed by atoms with Crippen molar-refractivity contribution < 1.29 is 9.84 Å². The fourth-order valence-corrected chi connectivity index (χ4v) is 2.77. The largest absolute Gasteiger partial charge is 0.507 e. The van der Waals surface area contributed by atoms with Crippen molar-refractivity contribution >= 4 is 6.08 Å². The molecule has 0 unspecified atom stereocenters. The zero-order valence-electron chi connectivity index (χ0n) is 14.3. The van der Waals surface area contributed by atoms with Crippen LogP contribution in [-0.2, 0) is 6.42 Å². The summed E-state index contributed by atoms with van der Waals surface area (Å²) < 4.78 is 6.23. The lowest BCUT2D eigenvalue weighted by molar-refractivity contribution is 0.128. The van der Waals surface area contributed by atoms with E-state index in [1.165, 1.54) is 5.57 Å². The van der Waals surface area contributed by atoms with E-state index in [2.05, 4.69) is 45.9 Å². The second kappa shape index (κ2) is 7.04. The molecule has 1 heterocycles. The fourth-order valence-electron chi connectivity index (χ4n) is 2.77. The highest BCUT2D eigenvalue weighted by Gasteiger charge is 2.28. The molecule has 0 spiro atoms. The lowest BCUT2D eigenvalue weighted by atomic mass is 9.93. The molecule has 2 heteroatoms. The molecule has 0 bridgehead atoms. The molecular weight excluding hydrogens is 272 g/mol. The first-order valence-electron chi connectivity index (χ1n) is 8.31. The average molecular weight is 300 g/mol. The van der Waals surface area contributed by atoms with Crippen LogP contribution >= 0.6 is 0 Å². The van der Waals surface area contributed by atoms with Crippen LogP contribution in [0.3, 0.4) is 0 Å². The maximum Gasteiger partial charge on any atom is 0.131 e. The topological polar surface area (TPSA) is 29.5 Å². The van der Waals surface area contributed by atoms with Crippen molar-refractivity contribution in [2.45, 2.75) is 65.4 Å². The Morgan fingerprint density at radius 2 is 2.09 bits per heavy atom. The maximum atomic E-state index is 10.2. The van der Waals surface area contributed by atoms with Crippen LogP contribution in [0.1, 0.15) is 64.5 Å². The number of hydrogen-bond acceptors (Lipinski definition) is 2. The monoisotopic (exact) mass is 300 g/mol. The Hall–Kier alpha value is -1.70. The summed E-state index contributed by atoms with van der Waals surface area (Å²) in [4.78, 5) is 0. The highest BCUT2D eigenvalue weighted by Crippen LogP contribution is 2.39. The Morgan fingerprint density at radius 3 is 2.77 bits per heavy atom. The zero-order chi connectivity index (χ0) is 16.2. The number of ether oxygens (including phenoxy) is 1. The van der Waals surface area contributed by atoms with Crippen LogP contribution in [0.5, 0.6) is 11.5 Å². The van der Waals surface area contributed by atoms with E-state index in [0.29, 0.717) is 5.75 Å². The third kappa shape index (κ3) is 4.16. The minimum atomic E-state index is -0.297. The first-order valence-corrected chi connectivity index (χ1v) is 8.31. The minimum absolute atomic E-state index is 0.297. The number of hydrogen-bond donors (Lipinski definition) is 1. The number of phenols is 1. The van der Waals surface area contributed by atoms with E-state index < -0.39 is 0 Å². The molecule has 1 aliphatic heterocycles. The van der Waals surface area contributed by atoms with Crippen LogP contribution in [0.15, 0.2) is 29.9 Å². The summed E-state index contributed by atoms with van der Waals surface area (Å²) in [7, 11) is 0. The van der Waals surface area contributed by atoms with Gasteiger partial charge in [-0.05, 0) is 76.3 Å². The van der Waals surface area contributed by atoms with E-state index in [4.69, 9.17) is 4.74 Å². The van der Waals surface area contributed by atoms with Gasteiger partial charge in [-0.1, -0.05) is 25.0 Å². The van der Waals surface area contributed by atoms with Gasteiger partial charge in [0.1, 0.15) is 17.1 Å².